The number of aromatic nitrogens is 1. The van der Waals surface area contributed by atoms with Crippen molar-refractivity contribution in [2.24, 2.45) is 10.9 Å². The summed E-state index contributed by atoms with van der Waals surface area (Å²) in [6, 6.07) is 3.19. The highest BCUT2D eigenvalue weighted by atomic mass is 19.3. The molecule has 8 heteroatoms. The normalized spacial score (nSPS) is 12.4. The minimum absolute atomic E-state index is 0.144. The van der Waals surface area contributed by atoms with E-state index >= 15 is 0 Å². The fraction of sp³-hybridized carbons (Fsp3) is 0.455. The number of hydrogen-bond donors (Lipinski definition) is 3. The number of nitrogens with zero attached hydrogens (tertiary/aromatic N) is 3. The lowest BCUT2D eigenvalue weighted by Crippen LogP contribution is -2.31. The maximum absolute atomic E-state index is 12.4. The van der Waals surface area contributed by atoms with Crippen molar-refractivity contribution in [1.82, 2.24) is 9.88 Å². The molecule has 0 amide bonds. The predicted molar refractivity (Wildman–Crippen MR) is 65.1 cm³/mol. The molecular formula is C11H16F2N4O2. The Morgan fingerprint density at radius 1 is 1.53 bits per heavy atom. The smallest absolute Gasteiger partial charge is 0.251 e. The number of aliphatic hydroxyl groups excluding tert-OH is 1. The van der Waals surface area contributed by atoms with E-state index in [9.17, 15) is 8.78 Å². The summed E-state index contributed by atoms with van der Waals surface area (Å²) in [6.07, 6.45) is -1.03. The van der Waals surface area contributed by atoms with E-state index in [1.807, 2.05) is 0 Å². The van der Waals surface area contributed by atoms with Crippen LogP contribution in [0.15, 0.2) is 23.5 Å². The molecule has 0 aliphatic carbocycles. The Kier molecular flexibility index (Phi) is 6.10. The number of alkyl halides is 2. The molecule has 6 nitrogen and oxygen atoms in total. The highest BCUT2D eigenvalue weighted by molar-refractivity contribution is 5.95. The van der Waals surface area contributed by atoms with Crippen molar-refractivity contribution >= 4 is 5.84 Å². The lowest BCUT2D eigenvalue weighted by molar-refractivity contribution is 0.0746. The van der Waals surface area contributed by atoms with Crippen LogP contribution < -0.4 is 5.73 Å². The number of pyridine rings is 1. The van der Waals surface area contributed by atoms with Crippen LogP contribution in [0.1, 0.15) is 11.3 Å². The molecule has 1 heterocycles. The summed E-state index contributed by atoms with van der Waals surface area (Å²) in [5.41, 5.74) is 6.35. The van der Waals surface area contributed by atoms with Gasteiger partial charge in [0.15, 0.2) is 5.84 Å². The van der Waals surface area contributed by atoms with Gasteiger partial charge in [0.1, 0.15) is 5.69 Å². The molecule has 106 valence electrons. The predicted octanol–water partition coefficient (Wildman–Crippen LogP) is 0.235. The van der Waals surface area contributed by atoms with Gasteiger partial charge in [-0.05, 0) is 17.7 Å². The van der Waals surface area contributed by atoms with Crippen molar-refractivity contribution in [2.75, 3.05) is 19.7 Å². The number of hydrogen-bond acceptors (Lipinski definition) is 5. The van der Waals surface area contributed by atoms with Gasteiger partial charge >= 0.3 is 0 Å². The van der Waals surface area contributed by atoms with E-state index in [-0.39, 0.29) is 31.2 Å². The second-order valence-electron chi connectivity index (χ2n) is 3.88. The zero-order valence-electron chi connectivity index (χ0n) is 10.2. The van der Waals surface area contributed by atoms with Gasteiger partial charge in [-0.3, -0.25) is 9.88 Å². The second-order valence-corrected chi connectivity index (χ2v) is 3.88. The minimum Gasteiger partial charge on any atom is -0.409 e. The van der Waals surface area contributed by atoms with Gasteiger partial charge in [-0.15, -0.1) is 0 Å². The number of halogens is 2. The van der Waals surface area contributed by atoms with Crippen LogP contribution in [0, 0.1) is 0 Å². The summed E-state index contributed by atoms with van der Waals surface area (Å²) in [7, 11) is 0. The fourth-order valence-corrected chi connectivity index (χ4v) is 1.59. The van der Waals surface area contributed by atoms with E-state index in [4.69, 9.17) is 16.0 Å². The van der Waals surface area contributed by atoms with Crippen molar-refractivity contribution in [3.63, 3.8) is 0 Å². The first-order chi connectivity index (χ1) is 9.06. The van der Waals surface area contributed by atoms with Crippen LogP contribution in [-0.4, -0.2) is 52.2 Å². The van der Waals surface area contributed by atoms with Crippen molar-refractivity contribution in [2.45, 2.75) is 13.0 Å². The lowest BCUT2D eigenvalue weighted by Gasteiger charge is -2.20. The summed E-state index contributed by atoms with van der Waals surface area (Å²) in [5, 5.41) is 20.2. The Morgan fingerprint density at radius 3 is 2.84 bits per heavy atom. The van der Waals surface area contributed by atoms with E-state index in [0.717, 1.165) is 0 Å². The lowest BCUT2D eigenvalue weighted by atomic mass is 10.2. The first kappa shape index (κ1) is 15.3. The zero-order chi connectivity index (χ0) is 14.3. The van der Waals surface area contributed by atoms with E-state index in [1.54, 1.807) is 12.1 Å². The third-order valence-corrected chi connectivity index (χ3v) is 2.41. The highest BCUT2D eigenvalue weighted by Crippen LogP contribution is 2.08. The largest absolute Gasteiger partial charge is 0.409 e. The Balaban J connectivity index is 2.78. The topological polar surface area (TPSA) is 95.0 Å². The first-order valence-corrected chi connectivity index (χ1v) is 5.61. The average Bonchev–Trinajstić information content (AvgIpc) is 2.37. The monoisotopic (exact) mass is 274 g/mol. The summed E-state index contributed by atoms with van der Waals surface area (Å²) in [5.74, 6) is -0.149. The number of nitrogens with two attached hydrogens (primary N) is 1. The van der Waals surface area contributed by atoms with Crippen LogP contribution in [0.3, 0.4) is 0 Å². The Labute approximate surface area is 109 Å². The van der Waals surface area contributed by atoms with Gasteiger partial charge in [0.05, 0.1) is 13.2 Å². The number of aliphatic hydroxyl groups is 1. The maximum Gasteiger partial charge on any atom is 0.251 e. The first-order valence-electron chi connectivity index (χ1n) is 5.61. The molecule has 0 atom stereocenters. The van der Waals surface area contributed by atoms with Gasteiger partial charge in [0.25, 0.3) is 6.43 Å². The Bertz CT molecular complexity index is 429. The summed E-state index contributed by atoms with van der Waals surface area (Å²) in [4.78, 5) is 5.31. The third kappa shape index (κ3) is 5.14. The molecule has 0 saturated carbocycles. The van der Waals surface area contributed by atoms with Gasteiger partial charge < -0.3 is 16.0 Å². The second kappa shape index (κ2) is 7.59. The third-order valence-electron chi connectivity index (χ3n) is 2.41. The van der Waals surface area contributed by atoms with E-state index < -0.39 is 13.0 Å². The molecular weight excluding hydrogens is 258 g/mol. The van der Waals surface area contributed by atoms with Gasteiger partial charge in [-0.1, -0.05) is 5.16 Å². The van der Waals surface area contributed by atoms with E-state index in [1.165, 1.54) is 11.1 Å². The van der Waals surface area contributed by atoms with Crippen molar-refractivity contribution in [3.8, 4) is 0 Å². The maximum atomic E-state index is 12.4. The van der Waals surface area contributed by atoms with Gasteiger partial charge in [-0.25, -0.2) is 8.78 Å². The molecule has 0 bridgehead atoms. The average molecular weight is 274 g/mol. The molecule has 0 spiro atoms. The van der Waals surface area contributed by atoms with Gasteiger partial charge in [0.2, 0.25) is 0 Å². The van der Waals surface area contributed by atoms with Crippen LogP contribution in [0.4, 0.5) is 8.78 Å². The molecule has 1 rings (SSSR count). The molecule has 0 aliphatic heterocycles. The molecule has 0 fully saturated rings. The molecule has 0 radical (unpaired) electrons. The quantitative estimate of drug-likeness (QED) is 0.286. The van der Waals surface area contributed by atoms with E-state index in [2.05, 4.69) is 10.1 Å². The van der Waals surface area contributed by atoms with E-state index in [0.29, 0.717) is 5.56 Å². The number of rotatable bonds is 7. The Hall–Kier alpha value is -1.80. The molecule has 1 aromatic heterocycles. The molecule has 1 aromatic rings. The van der Waals surface area contributed by atoms with Crippen LogP contribution >= 0.6 is 0 Å². The molecule has 4 N–H and O–H groups in total. The standard InChI is InChI=1S/C11H16F2N4O2/c12-10(13)7-17(3-4-18)6-8-1-2-15-9(5-8)11(14)16-19/h1-2,5,10,18-19H,3-4,6-7H2,(H2,14,16). The number of amidine groups is 1. The molecule has 19 heavy (non-hydrogen) atoms. The minimum atomic E-state index is -2.48. The molecule has 0 aliphatic rings. The SMILES string of the molecule is N/C(=N/O)c1cc(CN(CCO)CC(F)F)ccn1. The van der Waals surface area contributed by atoms with Crippen LogP contribution in [0.2, 0.25) is 0 Å². The van der Waals surface area contributed by atoms with Crippen LogP contribution in [-0.2, 0) is 6.54 Å². The summed E-state index contributed by atoms with van der Waals surface area (Å²) in [6.45, 7) is -0.266. The molecule has 0 saturated heterocycles. The Morgan fingerprint density at radius 2 is 2.26 bits per heavy atom. The fourth-order valence-electron chi connectivity index (χ4n) is 1.59. The van der Waals surface area contributed by atoms with Crippen molar-refractivity contribution < 1.29 is 19.1 Å². The molecule has 0 aromatic carbocycles. The van der Waals surface area contributed by atoms with Gasteiger partial charge in [0, 0.05) is 19.3 Å². The van der Waals surface area contributed by atoms with Gasteiger partial charge in [-0.2, -0.15) is 0 Å². The highest BCUT2D eigenvalue weighted by Gasteiger charge is 2.13. The van der Waals surface area contributed by atoms with Crippen molar-refractivity contribution in [1.29, 1.82) is 0 Å². The number of oxime groups is 1. The van der Waals surface area contributed by atoms with Crippen LogP contribution in [0.5, 0.6) is 0 Å². The zero-order valence-corrected chi connectivity index (χ0v) is 10.2. The van der Waals surface area contributed by atoms with Crippen molar-refractivity contribution in [3.05, 3.63) is 29.6 Å². The van der Waals surface area contributed by atoms with Crippen LogP contribution in [0.25, 0.3) is 0 Å². The summed E-state index contributed by atoms with van der Waals surface area (Å²) < 4.78 is 24.7. The molecule has 0 unspecified atom stereocenters. The summed E-state index contributed by atoms with van der Waals surface area (Å²) >= 11 is 0.